The number of fused-ring (bicyclic) bond motifs is 6. The van der Waals surface area contributed by atoms with E-state index in [1.165, 1.54) is 84.9 Å². The van der Waals surface area contributed by atoms with E-state index in [1.807, 2.05) is 16.7 Å². The van der Waals surface area contributed by atoms with Crippen molar-refractivity contribution in [2.45, 2.75) is 134 Å². The van der Waals surface area contributed by atoms with Gasteiger partial charge >= 0.3 is 5.97 Å². The van der Waals surface area contributed by atoms with E-state index in [1.54, 1.807) is 45.0 Å². The van der Waals surface area contributed by atoms with Gasteiger partial charge in [0.1, 0.15) is 59.7 Å². The van der Waals surface area contributed by atoms with Crippen molar-refractivity contribution in [1.29, 1.82) is 10.8 Å². The Labute approximate surface area is 783 Å². The molecule has 12 rings (SSSR count). The average molecular weight is 1890 g/mol. The monoisotopic (exact) mass is 1890 g/mol. The number of aromatic carboxylic acids is 1. The molecule has 6 aromatic rings. The molecule has 45 heteroatoms. The smallest absolute Gasteiger partial charge is 0.336 e. The summed E-state index contributed by atoms with van der Waals surface area (Å²) in [5.41, 5.74) is 24.2. The highest BCUT2D eigenvalue weighted by molar-refractivity contribution is 7.98. The molecule has 0 saturated carbocycles. The Morgan fingerprint density at radius 1 is 0.596 bits per heavy atom. The Balaban J connectivity index is 0.736. The number of aromatic hydroxyl groups is 1. The Hall–Kier alpha value is -15.7. The number of amides is 13. The fourth-order valence-corrected chi connectivity index (χ4v) is 16.9. The number of ether oxygens (including phenoxy) is 1. The van der Waals surface area contributed by atoms with Crippen LogP contribution in [0, 0.1) is 34.5 Å². The molecule has 1 aromatic heterocycles. The third-order valence-electron chi connectivity index (χ3n) is 23.7. The number of nitrogens with two attached hydrogens (primary N) is 4. The van der Waals surface area contributed by atoms with E-state index in [-0.39, 0.29) is 217 Å². The van der Waals surface area contributed by atoms with Crippen LogP contribution in [0.5, 0.6) is 11.5 Å². The normalized spacial score (nSPS) is 18.3. The highest BCUT2D eigenvalue weighted by Gasteiger charge is 2.37. The molecule has 0 spiro atoms. The molecule has 718 valence electrons. The summed E-state index contributed by atoms with van der Waals surface area (Å²) in [6.45, 7) is 6.30. The lowest BCUT2D eigenvalue weighted by Gasteiger charge is -2.34. The molecular formula is C91H109N25O19S. The number of piperidine rings is 2. The van der Waals surface area contributed by atoms with Crippen LogP contribution in [-0.2, 0) is 60.3 Å². The van der Waals surface area contributed by atoms with Crippen molar-refractivity contribution in [3.8, 4) is 33.9 Å². The van der Waals surface area contributed by atoms with Crippen LogP contribution in [0.2, 0.25) is 0 Å². The van der Waals surface area contributed by atoms with Crippen molar-refractivity contribution in [1.82, 2.24) is 68.1 Å². The number of aromatic nitrogens is 3. The van der Waals surface area contributed by atoms with Gasteiger partial charge in [-0.25, -0.2) is 4.79 Å². The molecule has 7 atom stereocenters. The fraction of sp³-hybridized carbons (Fsp3) is 0.385. The van der Waals surface area contributed by atoms with Crippen LogP contribution < -0.4 is 117 Å². The van der Waals surface area contributed by atoms with E-state index >= 15 is 0 Å². The lowest BCUT2D eigenvalue weighted by molar-refractivity contribution is -0.132. The second-order valence-electron chi connectivity index (χ2n) is 33.5. The van der Waals surface area contributed by atoms with Gasteiger partial charge in [0.15, 0.2) is 17.3 Å². The Kier molecular flexibility index (Phi) is 33.3. The minimum Gasteiger partial charge on any atom is -0.508 e. The number of primary amides is 2. The van der Waals surface area contributed by atoms with Gasteiger partial charge in [-0.2, -0.15) is 26.7 Å². The van der Waals surface area contributed by atoms with Crippen molar-refractivity contribution >= 4 is 158 Å². The maximum Gasteiger partial charge on any atom is 0.336 e. The summed E-state index contributed by atoms with van der Waals surface area (Å²) in [5.74, 6) is -12.9. The van der Waals surface area contributed by atoms with Crippen LogP contribution in [0.4, 0.5) is 40.6 Å². The molecule has 2 fully saturated rings. The zero-order valence-electron chi connectivity index (χ0n) is 74.9. The van der Waals surface area contributed by atoms with Crippen LogP contribution in [0.15, 0.2) is 118 Å². The molecular weight excluding hydrogens is 1780 g/mol. The summed E-state index contributed by atoms with van der Waals surface area (Å²) < 4.78 is 12.3. The number of phenols is 1. The fourth-order valence-electron chi connectivity index (χ4n) is 15.9. The molecule has 13 amide bonds. The molecule has 5 aliphatic heterocycles. The first kappa shape index (κ1) is 99.3. The number of carboxylic acid groups (broad SMARTS) is 1. The number of carbonyl (C=O) groups is 14. The maximum atomic E-state index is 14.6. The molecule has 1 aliphatic carbocycles. The van der Waals surface area contributed by atoms with Crippen LogP contribution in [0.3, 0.4) is 0 Å². The van der Waals surface area contributed by atoms with Gasteiger partial charge < -0.3 is 127 Å². The summed E-state index contributed by atoms with van der Waals surface area (Å²) in [5, 5.41) is 75.2. The highest BCUT2D eigenvalue weighted by Crippen LogP contribution is 2.43. The first-order valence-electron chi connectivity index (χ1n) is 44.3. The van der Waals surface area contributed by atoms with Gasteiger partial charge in [-0.3, -0.25) is 77.9 Å². The summed E-state index contributed by atoms with van der Waals surface area (Å²) in [4.78, 5) is 224. The molecule has 2 saturated heterocycles. The number of carboxylic acids is 1. The van der Waals surface area contributed by atoms with E-state index in [9.17, 15) is 82.1 Å². The second kappa shape index (κ2) is 45.6. The number of hydrogen-bond acceptors (Lipinski definition) is 27. The molecule has 0 unspecified atom stereocenters. The molecule has 2 bridgehead atoms. The Bertz CT molecular complexity index is 5980. The summed E-state index contributed by atoms with van der Waals surface area (Å²) in [6.07, 6.45) is 2.28. The lowest BCUT2D eigenvalue weighted by atomic mass is 9.90. The Morgan fingerprint density at radius 2 is 1.18 bits per heavy atom. The first-order chi connectivity index (χ1) is 65.0. The molecule has 6 heterocycles. The van der Waals surface area contributed by atoms with E-state index < -0.39 is 156 Å². The third-order valence-corrected chi connectivity index (χ3v) is 24.9. The van der Waals surface area contributed by atoms with Crippen molar-refractivity contribution in [3.63, 3.8) is 0 Å². The van der Waals surface area contributed by atoms with Crippen molar-refractivity contribution in [3.05, 3.63) is 153 Å². The minimum atomic E-state index is -1.33. The molecule has 5 aromatic carbocycles. The molecule has 136 heavy (non-hydrogen) atoms. The van der Waals surface area contributed by atoms with Gasteiger partial charge in [-0.1, -0.05) is 52.7 Å². The SMILES string of the molecule is CC[C@H](C)[C@@H]1NC(=O)c2cc(cc(NC(=O)CNC(=O)C3CCN(c4nc(Nc5ccc(-c6c7ccc(=O)cc-7oc7cc(O)ccc67)c(C(=O)O)c5)nc(N5CCC(C(=O)NCC(=O)Nc6ccc7c(c6)C(=O)N[C@@H]([C@@H](C)CC)C(=O)N[C@@H](CCCNC(=N)N)C(=O)Nc6cc(C(N)=O)ccc6CO7)CC5)n4)CC3)c2)CSC[C@@H](C(N)=O)NC(=O)CNC(=O)[C@H](CCCNC(=N)N)NC1=O. The van der Waals surface area contributed by atoms with Gasteiger partial charge in [-0.15, -0.1) is 0 Å². The predicted octanol–water partition coefficient (Wildman–Crippen LogP) is 2.59. The number of carbonyl (C=O) groups excluding carboxylic acids is 13. The molecule has 0 radical (unpaired) electrons. The molecule has 6 aliphatic rings. The summed E-state index contributed by atoms with van der Waals surface area (Å²) in [6, 6.07) is 19.9. The van der Waals surface area contributed by atoms with Crippen molar-refractivity contribution in [2.24, 2.45) is 46.6 Å². The second-order valence-corrected chi connectivity index (χ2v) is 34.5. The minimum absolute atomic E-state index is 0.00104. The highest BCUT2D eigenvalue weighted by atomic mass is 32.2. The van der Waals surface area contributed by atoms with Gasteiger partial charge in [0.2, 0.25) is 82.8 Å². The number of hydrogen-bond donors (Lipinski definition) is 22. The maximum absolute atomic E-state index is 14.6. The number of thioether (sulfide) groups is 1. The van der Waals surface area contributed by atoms with Crippen LogP contribution >= 0.6 is 11.8 Å². The number of nitrogens with zero attached hydrogens (tertiary/aromatic N) is 5. The van der Waals surface area contributed by atoms with Gasteiger partial charge in [0.05, 0.1) is 30.8 Å². The zero-order valence-corrected chi connectivity index (χ0v) is 75.7. The van der Waals surface area contributed by atoms with E-state index in [0.717, 1.165) is 11.8 Å². The van der Waals surface area contributed by atoms with Crippen LogP contribution in [0.1, 0.15) is 144 Å². The standard InChI is InChI=1S/C91H109N25O19S/c1-5-45(3)74-84(130)107-63(9-7-25-98-87(94)95)82(128)102-41-72(121)106-66(77(93)123)44-136-43-47-31-52(80(126)110-74)33-55(32-47)104-71(120)40-101-79(125)49-23-29-116(30-24-49)91-113-89(105-54-13-17-58(61(35-54)86(132)133)73-59-18-15-56(117)37-68(59)135-69-38-57(118)16-19-60(69)73)112-90(114-91)115-27-21-48(22-28-115)78(124)100-39-70(119)103-53-14-20-67-62(36-53)81(127)111-75(46(4)6-2)85(131)108-64(10-8-26-99-88(96)97)83(129)109-65-34-50(76(92)122)11-12-51(65)42-134-67/h11-20,31-38,45-46,48-49,63-64,66,74-75,117H,5-10,21-30,39-44H2,1-4H3,(H2,92,122)(H2,93,123)(H,100,124)(H,101,125)(H,102,128)(H,103,119)(H,104,120)(H,106,121)(H,107,130)(H,108,131)(H,109,129)(H,110,126)(H,111,127)(H,132,133)(H4,94,95,98)(H4,96,97,99)(H,105,112,113,114)/t45-,46-,63-,64-,66-,74-,75-/m0/s1. The number of phenolic OH excluding ortho intramolecular Hbond substituents is 1. The number of guanidine groups is 2. The Morgan fingerprint density at radius 3 is 1.77 bits per heavy atom. The number of rotatable bonds is 28. The largest absolute Gasteiger partial charge is 0.508 e. The zero-order chi connectivity index (χ0) is 97.7. The van der Waals surface area contributed by atoms with Gasteiger partial charge in [0.25, 0.3) is 11.8 Å². The van der Waals surface area contributed by atoms with Crippen LogP contribution in [0.25, 0.3) is 33.4 Å². The van der Waals surface area contributed by atoms with Crippen molar-refractivity contribution in [2.75, 3.05) is 95.7 Å². The van der Waals surface area contributed by atoms with Gasteiger partial charge in [-0.05, 0) is 159 Å². The van der Waals surface area contributed by atoms with E-state index in [0.29, 0.717) is 40.5 Å². The first-order valence-corrected chi connectivity index (χ1v) is 45.4. The molecule has 26 N–H and O–H groups in total. The topological polar surface area (TPSA) is 684 Å². The number of benzene rings is 6. The quantitative estimate of drug-likeness (QED) is 0.0145. The number of anilines is 7. The van der Waals surface area contributed by atoms with Gasteiger partial charge in [0, 0.05) is 131 Å². The molecule has 44 nitrogen and oxygen atoms in total. The van der Waals surface area contributed by atoms with Crippen LogP contribution in [-0.4, -0.2) is 215 Å². The third kappa shape index (κ3) is 26.2. The lowest BCUT2D eigenvalue weighted by Crippen LogP contribution is -2.56. The van der Waals surface area contributed by atoms with E-state index in [4.69, 9.17) is 57.9 Å². The van der Waals surface area contributed by atoms with Crippen molar-refractivity contribution < 1.29 is 86.5 Å². The summed E-state index contributed by atoms with van der Waals surface area (Å²) in [7, 11) is 0. The van der Waals surface area contributed by atoms with E-state index in [2.05, 4.69) is 74.4 Å². The predicted molar refractivity (Wildman–Crippen MR) is 504 cm³/mol. The number of nitrogens with one attached hydrogen (secondary N) is 16. The average Bonchev–Trinajstić information content (AvgIpc) is 0.744. The summed E-state index contributed by atoms with van der Waals surface area (Å²) >= 11 is 1.16.